The normalized spacial score (nSPS) is 13.9. The van der Waals surface area contributed by atoms with Gasteiger partial charge in [-0.25, -0.2) is 0 Å². The van der Waals surface area contributed by atoms with Gasteiger partial charge in [0.1, 0.15) is 5.58 Å². The predicted molar refractivity (Wildman–Crippen MR) is 125 cm³/mol. The van der Waals surface area contributed by atoms with Crippen molar-refractivity contribution < 1.29 is 18.7 Å². The van der Waals surface area contributed by atoms with Crippen LogP contribution >= 0.6 is 0 Å². The van der Waals surface area contributed by atoms with E-state index in [1.807, 2.05) is 50.2 Å². The number of carbonyl (C=O) groups is 2. The van der Waals surface area contributed by atoms with E-state index in [4.69, 9.17) is 9.15 Å². The van der Waals surface area contributed by atoms with Gasteiger partial charge in [-0.1, -0.05) is 12.1 Å². The zero-order valence-corrected chi connectivity index (χ0v) is 18.8. The molecule has 0 saturated carbocycles. The third-order valence-corrected chi connectivity index (χ3v) is 6.02. The molecular formula is C25H29N3O4. The molecule has 2 aromatic carbocycles. The second-order valence-corrected chi connectivity index (χ2v) is 8.27. The average molecular weight is 436 g/mol. The summed E-state index contributed by atoms with van der Waals surface area (Å²) < 4.78 is 11.1. The highest BCUT2D eigenvalue weighted by molar-refractivity contribution is 5.95. The molecule has 3 aromatic rings. The summed E-state index contributed by atoms with van der Waals surface area (Å²) in [6.07, 6.45) is 1.83. The zero-order chi connectivity index (χ0) is 22.7. The fourth-order valence-electron chi connectivity index (χ4n) is 3.90. The summed E-state index contributed by atoms with van der Waals surface area (Å²) in [6.45, 7) is 7.21. The topological polar surface area (TPSA) is 75.0 Å². The van der Waals surface area contributed by atoms with Crippen molar-refractivity contribution in [1.82, 2.24) is 4.90 Å². The van der Waals surface area contributed by atoms with E-state index < -0.39 is 0 Å². The number of hydrogen-bond donors (Lipinski definition) is 1. The quantitative estimate of drug-likeness (QED) is 0.641. The number of rotatable bonds is 6. The van der Waals surface area contributed by atoms with E-state index in [9.17, 15) is 9.59 Å². The molecule has 32 heavy (non-hydrogen) atoms. The lowest BCUT2D eigenvalue weighted by atomic mass is 10.0. The van der Waals surface area contributed by atoms with Gasteiger partial charge in [0.2, 0.25) is 11.8 Å². The predicted octanol–water partition coefficient (Wildman–Crippen LogP) is 3.53. The van der Waals surface area contributed by atoms with Crippen LogP contribution in [0.4, 0.5) is 11.4 Å². The van der Waals surface area contributed by atoms with E-state index in [0.717, 1.165) is 59.7 Å². The summed E-state index contributed by atoms with van der Waals surface area (Å²) in [4.78, 5) is 28.9. The van der Waals surface area contributed by atoms with Crippen molar-refractivity contribution in [3.63, 3.8) is 0 Å². The lowest BCUT2D eigenvalue weighted by molar-refractivity contribution is -0.132. The first kappa shape index (κ1) is 21.9. The lowest BCUT2D eigenvalue weighted by Crippen LogP contribution is -2.36. The Hall–Kier alpha value is -3.32. The van der Waals surface area contributed by atoms with Gasteiger partial charge in [0.25, 0.3) is 0 Å². The summed E-state index contributed by atoms with van der Waals surface area (Å²) in [5.74, 6) is -0.368. The number of carbonyl (C=O) groups excluding carboxylic acids is 2. The molecule has 1 aliphatic rings. The Morgan fingerprint density at radius 3 is 2.50 bits per heavy atom. The number of benzene rings is 2. The Labute approximate surface area is 187 Å². The van der Waals surface area contributed by atoms with Crippen LogP contribution in [-0.2, 0) is 20.7 Å². The number of nitrogens with zero attached hydrogens (tertiary/aromatic N) is 2. The molecule has 0 bridgehead atoms. The Bertz CT molecular complexity index is 1110. The summed E-state index contributed by atoms with van der Waals surface area (Å²) in [5.41, 5.74) is 5.69. The van der Waals surface area contributed by atoms with Gasteiger partial charge >= 0.3 is 0 Å². The summed E-state index contributed by atoms with van der Waals surface area (Å²) in [5, 5.41) is 3.81. The van der Waals surface area contributed by atoms with Gasteiger partial charge in [0.05, 0.1) is 32.4 Å². The average Bonchev–Trinajstić information content (AvgIpc) is 3.20. The van der Waals surface area contributed by atoms with E-state index in [2.05, 4.69) is 10.2 Å². The molecule has 1 saturated heterocycles. The largest absolute Gasteiger partial charge is 0.464 e. The van der Waals surface area contributed by atoms with E-state index in [1.165, 1.54) is 4.90 Å². The number of likely N-dealkylation sites (N-methyl/N-ethyl adjacent to an activating group) is 1. The molecule has 1 fully saturated rings. The van der Waals surface area contributed by atoms with Gasteiger partial charge < -0.3 is 24.3 Å². The number of amides is 2. The Morgan fingerprint density at radius 1 is 1.06 bits per heavy atom. The smallest absolute Gasteiger partial charge is 0.243 e. The Balaban J connectivity index is 1.32. The first-order chi connectivity index (χ1) is 15.4. The van der Waals surface area contributed by atoms with Crippen LogP contribution in [0.25, 0.3) is 11.0 Å². The van der Waals surface area contributed by atoms with Crippen molar-refractivity contribution in [2.75, 3.05) is 50.1 Å². The maximum absolute atomic E-state index is 12.7. The highest BCUT2D eigenvalue weighted by atomic mass is 16.5. The van der Waals surface area contributed by atoms with Crippen molar-refractivity contribution in [1.29, 1.82) is 0 Å². The fourth-order valence-corrected chi connectivity index (χ4v) is 3.90. The highest BCUT2D eigenvalue weighted by Crippen LogP contribution is 2.27. The minimum atomic E-state index is -0.233. The zero-order valence-electron chi connectivity index (χ0n) is 18.8. The van der Waals surface area contributed by atoms with Crippen LogP contribution in [0.2, 0.25) is 0 Å². The molecule has 7 heteroatoms. The third-order valence-electron chi connectivity index (χ3n) is 6.02. The lowest BCUT2D eigenvalue weighted by Gasteiger charge is -2.28. The first-order valence-electron chi connectivity index (χ1n) is 10.8. The Kier molecular flexibility index (Phi) is 6.46. The number of morpholine rings is 1. The number of nitrogens with one attached hydrogen (secondary N) is 1. The molecule has 168 valence electrons. The van der Waals surface area contributed by atoms with Crippen LogP contribution in [0.15, 0.2) is 47.1 Å². The van der Waals surface area contributed by atoms with Crippen molar-refractivity contribution in [3.05, 3.63) is 59.4 Å². The maximum Gasteiger partial charge on any atom is 0.243 e. The number of anilines is 2. The number of hydrogen-bond acceptors (Lipinski definition) is 5. The standard InChI is InChI=1S/C25H29N3O4/c1-17-4-9-22-19(16-32-25(22)18(17)2)14-24(30)27(3)15-23(29)26-20-5-7-21(8-6-20)28-10-12-31-13-11-28/h4-9,16H,10-15H2,1-3H3,(H,26,29). The molecule has 2 amide bonds. The monoisotopic (exact) mass is 435 g/mol. The summed E-state index contributed by atoms with van der Waals surface area (Å²) in [6, 6.07) is 11.8. The molecule has 0 aliphatic carbocycles. The van der Waals surface area contributed by atoms with Gasteiger partial charge in [0, 0.05) is 42.5 Å². The number of furan rings is 1. The van der Waals surface area contributed by atoms with Crippen LogP contribution in [0.1, 0.15) is 16.7 Å². The maximum atomic E-state index is 12.7. The molecule has 0 radical (unpaired) electrons. The van der Waals surface area contributed by atoms with Gasteiger partial charge in [-0.15, -0.1) is 0 Å². The first-order valence-corrected chi connectivity index (χ1v) is 10.8. The molecule has 1 aliphatic heterocycles. The molecule has 1 aromatic heterocycles. The minimum absolute atomic E-state index is 0.0159. The van der Waals surface area contributed by atoms with Crippen LogP contribution in [-0.4, -0.2) is 56.6 Å². The second kappa shape index (κ2) is 9.44. The van der Waals surface area contributed by atoms with Crippen molar-refractivity contribution in [2.24, 2.45) is 0 Å². The molecule has 1 N–H and O–H groups in total. The van der Waals surface area contributed by atoms with Crippen LogP contribution in [0.3, 0.4) is 0 Å². The second-order valence-electron chi connectivity index (χ2n) is 8.27. The molecule has 2 heterocycles. The summed E-state index contributed by atoms with van der Waals surface area (Å²) >= 11 is 0. The molecule has 0 unspecified atom stereocenters. The van der Waals surface area contributed by atoms with Crippen molar-refractivity contribution >= 4 is 34.2 Å². The molecule has 0 atom stereocenters. The molecule has 7 nitrogen and oxygen atoms in total. The van der Waals surface area contributed by atoms with E-state index in [0.29, 0.717) is 5.69 Å². The SMILES string of the molecule is Cc1ccc2c(CC(=O)N(C)CC(=O)Nc3ccc(N4CCOCC4)cc3)coc2c1C. The van der Waals surface area contributed by atoms with Gasteiger partial charge in [-0.05, 0) is 49.2 Å². The van der Waals surface area contributed by atoms with Gasteiger partial charge in [0.15, 0.2) is 0 Å². The number of fused-ring (bicyclic) bond motifs is 1. The van der Waals surface area contributed by atoms with Crippen LogP contribution in [0.5, 0.6) is 0 Å². The summed E-state index contributed by atoms with van der Waals surface area (Å²) in [7, 11) is 1.64. The van der Waals surface area contributed by atoms with Gasteiger partial charge in [-0.2, -0.15) is 0 Å². The van der Waals surface area contributed by atoms with Crippen LogP contribution in [0, 0.1) is 13.8 Å². The van der Waals surface area contributed by atoms with Crippen molar-refractivity contribution in [3.8, 4) is 0 Å². The molecular weight excluding hydrogens is 406 g/mol. The Morgan fingerprint density at radius 2 is 1.78 bits per heavy atom. The number of ether oxygens (including phenoxy) is 1. The van der Waals surface area contributed by atoms with Gasteiger partial charge in [-0.3, -0.25) is 9.59 Å². The highest BCUT2D eigenvalue weighted by Gasteiger charge is 2.18. The molecule has 4 rings (SSSR count). The van der Waals surface area contributed by atoms with E-state index in [1.54, 1.807) is 13.3 Å². The van der Waals surface area contributed by atoms with Crippen LogP contribution < -0.4 is 10.2 Å². The molecule has 0 spiro atoms. The minimum Gasteiger partial charge on any atom is -0.464 e. The van der Waals surface area contributed by atoms with Crippen molar-refractivity contribution in [2.45, 2.75) is 20.3 Å². The van der Waals surface area contributed by atoms with E-state index in [-0.39, 0.29) is 24.8 Å². The fraction of sp³-hybridized carbons (Fsp3) is 0.360. The number of aryl methyl sites for hydroxylation is 2. The van der Waals surface area contributed by atoms with E-state index >= 15 is 0 Å². The third kappa shape index (κ3) is 4.78.